The van der Waals surface area contributed by atoms with Crippen LogP contribution in [0.1, 0.15) is 64.0 Å². The molecule has 2 heteroatoms. The lowest BCUT2D eigenvalue weighted by atomic mass is 9.88. The molecule has 0 aromatic heterocycles. The van der Waals surface area contributed by atoms with Crippen molar-refractivity contribution in [1.29, 1.82) is 0 Å². The van der Waals surface area contributed by atoms with Gasteiger partial charge in [-0.25, -0.2) is 0 Å². The van der Waals surface area contributed by atoms with Crippen LogP contribution in [0.25, 0.3) is 16.8 Å². The van der Waals surface area contributed by atoms with Crippen LogP contribution in [0.5, 0.6) is 0 Å². The normalized spacial score (nSPS) is 18.3. The van der Waals surface area contributed by atoms with E-state index in [0.29, 0.717) is 5.41 Å². The van der Waals surface area contributed by atoms with Gasteiger partial charge < -0.3 is 9.80 Å². The largest absolute Gasteiger partial charge is 0.372 e. The molecule has 0 atom stereocenters. The molecule has 2 heterocycles. The van der Waals surface area contributed by atoms with Gasteiger partial charge >= 0.3 is 0 Å². The molecule has 2 aliphatic heterocycles. The molecule has 0 aliphatic carbocycles. The quantitative estimate of drug-likeness (QED) is 0.462. The van der Waals surface area contributed by atoms with Gasteiger partial charge in [0.2, 0.25) is 0 Å². The molecule has 2 saturated heterocycles. The lowest BCUT2D eigenvalue weighted by Crippen LogP contribution is -2.39. The van der Waals surface area contributed by atoms with Crippen LogP contribution in [0.15, 0.2) is 55.1 Å². The number of likely N-dealkylation sites (tertiary alicyclic amines) is 2. The van der Waals surface area contributed by atoms with E-state index in [0.717, 1.165) is 19.0 Å². The van der Waals surface area contributed by atoms with E-state index in [9.17, 15) is 0 Å². The number of piperidine rings is 1. The molecule has 172 valence electrons. The summed E-state index contributed by atoms with van der Waals surface area (Å²) >= 11 is 0. The zero-order valence-electron chi connectivity index (χ0n) is 20.6. The van der Waals surface area contributed by atoms with E-state index in [1.165, 1.54) is 86.1 Å². The van der Waals surface area contributed by atoms with E-state index in [-0.39, 0.29) is 0 Å². The van der Waals surface area contributed by atoms with E-state index < -0.39 is 0 Å². The predicted molar refractivity (Wildman–Crippen MR) is 139 cm³/mol. The summed E-state index contributed by atoms with van der Waals surface area (Å²) < 4.78 is 0. The van der Waals surface area contributed by atoms with Gasteiger partial charge in [-0.2, -0.15) is 0 Å². The van der Waals surface area contributed by atoms with Crippen molar-refractivity contribution < 1.29 is 0 Å². The smallest absolute Gasteiger partial charge is 0.0366 e. The molecule has 32 heavy (non-hydrogen) atoms. The number of hydrogen-bond donors (Lipinski definition) is 0. The average Bonchev–Trinajstić information content (AvgIpc) is 3.33. The first-order valence-electron chi connectivity index (χ1n) is 12.7. The molecule has 0 unspecified atom stereocenters. The van der Waals surface area contributed by atoms with Crippen LogP contribution in [-0.2, 0) is 6.42 Å². The highest BCUT2D eigenvalue weighted by Crippen LogP contribution is 2.28. The fourth-order valence-corrected chi connectivity index (χ4v) is 5.36. The number of hydrogen-bond acceptors (Lipinski definition) is 2. The molecular weight excluding hydrogens is 388 g/mol. The molecule has 2 aromatic carbocycles. The summed E-state index contributed by atoms with van der Waals surface area (Å²) in [7, 11) is 0. The topological polar surface area (TPSA) is 6.48 Å². The van der Waals surface area contributed by atoms with E-state index in [4.69, 9.17) is 0 Å². The van der Waals surface area contributed by atoms with Crippen molar-refractivity contribution >= 4 is 5.70 Å². The van der Waals surface area contributed by atoms with Gasteiger partial charge in [0.15, 0.2) is 0 Å². The van der Waals surface area contributed by atoms with Crippen molar-refractivity contribution in [1.82, 2.24) is 9.80 Å². The van der Waals surface area contributed by atoms with Crippen molar-refractivity contribution in [3.8, 4) is 11.1 Å². The Hall–Kier alpha value is -2.06. The second-order valence-electron chi connectivity index (χ2n) is 11.2. The molecule has 4 rings (SSSR count). The van der Waals surface area contributed by atoms with E-state index >= 15 is 0 Å². The highest BCUT2D eigenvalue weighted by atomic mass is 15.1. The zero-order chi connectivity index (χ0) is 22.6. The number of rotatable bonds is 7. The van der Waals surface area contributed by atoms with Crippen LogP contribution in [-0.4, -0.2) is 42.5 Å². The van der Waals surface area contributed by atoms with Crippen molar-refractivity contribution in [2.24, 2.45) is 11.3 Å². The summed E-state index contributed by atoms with van der Waals surface area (Å²) in [4.78, 5) is 5.08. The third-order valence-corrected chi connectivity index (χ3v) is 7.24. The molecule has 2 nitrogen and oxygen atoms in total. The second-order valence-corrected chi connectivity index (χ2v) is 11.2. The van der Waals surface area contributed by atoms with Gasteiger partial charge in [0.1, 0.15) is 0 Å². The van der Waals surface area contributed by atoms with E-state index in [1.54, 1.807) is 0 Å². The Morgan fingerprint density at radius 3 is 1.97 bits per heavy atom. The third-order valence-electron chi connectivity index (χ3n) is 7.24. The molecule has 2 aromatic rings. The Morgan fingerprint density at radius 2 is 1.41 bits per heavy atom. The fourth-order valence-electron chi connectivity index (χ4n) is 5.36. The lowest BCUT2D eigenvalue weighted by Gasteiger charge is -2.36. The van der Waals surface area contributed by atoms with E-state index in [1.807, 2.05) is 0 Å². The minimum absolute atomic E-state index is 0.413. The molecule has 2 aliphatic rings. The number of aryl methyl sites for hydroxylation is 1. The Labute approximate surface area is 196 Å². The van der Waals surface area contributed by atoms with Gasteiger partial charge in [-0.15, -0.1) is 0 Å². The molecule has 0 radical (unpaired) electrons. The van der Waals surface area contributed by atoms with Crippen LogP contribution in [0, 0.1) is 11.3 Å². The van der Waals surface area contributed by atoms with E-state index in [2.05, 4.69) is 85.7 Å². The summed E-state index contributed by atoms with van der Waals surface area (Å²) in [6.07, 6.45) is 7.85. The molecule has 0 spiro atoms. The van der Waals surface area contributed by atoms with Gasteiger partial charge in [0, 0.05) is 25.3 Å². The summed E-state index contributed by atoms with van der Waals surface area (Å²) in [6, 6.07) is 18.2. The number of nitrogens with zero attached hydrogens (tertiary/aromatic N) is 2. The van der Waals surface area contributed by atoms with Crippen molar-refractivity contribution in [3.63, 3.8) is 0 Å². The minimum Gasteiger partial charge on any atom is -0.372 e. The van der Waals surface area contributed by atoms with Gasteiger partial charge in [-0.05, 0) is 85.2 Å². The van der Waals surface area contributed by atoms with Crippen LogP contribution < -0.4 is 0 Å². The third kappa shape index (κ3) is 6.25. The molecular formula is C30H42N2. The average molecular weight is 431 g/mol. The van der Waals surface area contributed by atoms with Crippen LogP contribution in [0.3, 0.4) is 0 Å². The molecule has 0 saturated carbocycles. The SMILES string of the molecule is C=C(c1ccc(-c2ccc(CCC3CCN(CC(C)(C)C)CC3)cc2)cc1)N1CCCC1. The van der Waals surface area contributed by atoms with Gasteiger partial charge in [-0.1, -0.05) is 75.9 Å². The van der Waals surface area contributed by atoms with Crippen molar-refractivity contribution in [2.45, 2.75) is 59.3 Å². The predicted octanol–water partition coefficient (Wildman–Crippen LogP) is 7.11. The first-order valence-corrected chi connectivity index (χ1v) is 12.7. The molecule has 0 amide bonds. The Balaban J connectivity index is 1.26. The monoisotopic (exact) mass is 430 g/mol. The first-order chi connectivity index (χ1) is 15.4. The lowest BCUT2D eigenvalue weighted by molar-refractivity contribution is 0.133. The fraction of sp³-hybridized carbons (Fsp3) is 0.533. The maximum absolute atomic E-state index is 4.32. The molecule has 0 N–H and O–H groups in total. The van der Waals surface area contributed by atoms with Crippen molar-refractivity contribution in [2.75, 3.05) is 32.7 Å². The van der Waals surface area contributed by atoms with Crippen LogP contribution in [0.2, 0.25) is 0 Å². The highest BCUT2D eigenvalue weighted by molar-refractivity contribution is 5.69. The standard InChI is InChI=1S/C30H42N2/c1-24(32-19-5-6-20-32)27-13-15-29(16-14-27)28-11-9-25(10-12-28)7-8-26-17-21-31(22-18-26)23-30(2,3)4/h9-16,26H,1,5-8,17-23H2,2-4H3. The Kier molecular flexibility index (Phi) is 7.40. The Morgan fingerprint density at radius 1 is 0.844 bits per heavy atom. The molecule has 0 bridgehead atoms. The summed E-state index contributed by atoms with van der Waals surface area (Å²) in [5.41, 5.74) is 6.92. The highest BCUT2D eigenvalue weighted by Gasteiger charge is 2.22. The maximum atomic E-state index is 4.32. The first kappa shape index (κ1) is 23.1. The maximum Gasteiger partial charge on any atom is 0.0366 e. The van der Waals surface area contributed by atoms with Crippen LogP contribution >= 0.6 is 0 Å². The van der Waals surface area contributed by atoms with Gasteiger partial charge in [-0.3, -0.25) is 0 Å². The summed E-state index contributed by atoms with van der Waals surface area (Å²) in [5.74, 6) is 0.891. The molecule has 2 fully saturated rings. The summed E-state index contributed by atoms with van der Waals surface area (Å²) in [5, 5.41) is 0. The number of benzene rings is 2. The van der Waals surface area contributed by atoms with Crippen molar-refractivity contribution in [3.05, 3.63) is 66.2 Å². The zero-order valence-corrected chi connectivity index (χ0v) is 20.6. The summed E-state index contributed by atoms with van der Waals surface area (Å²) in [6.45, 7) is 17.5. The minimum atomic E-state index is 0.413. The van der Waals surface area contributed by atoms with Gasteiger partial charge in [0.25, 0.3) is 0 Å². The second kappa shape index (κ2) is 10.3. The Bertz CT molecular complexity index is 859. The van der Waals surface area contributed by atoms with Crippen LogP contribution in [0.4, 0.5) is 0 Å². The van der Waals surface area contributed by atoms with Gasteiger partial charge in [0.05, 0.1) is 0 Å².